The van der Waals surface area contributed by atoms with Gasteiger partial charge in [0.2, 0.25) is 15.9 Å². The predicted molar refractivity (Wildman–Crippen MR) is 90.6 cm³/mol. The van der Waals surface area contributed by atoms with Crippen molar-refractivity contribution in [1.29, 1.82) is 0 Å². The summed E-state index contributed by atoms with van der Waals surface area (Å²) in [6.07, 6.45) is 2.96. The third-order valence-electron chi connectivity index (χ3n) is 3.45. The lowest BCUT2D eigenvalue weighted by atomic mass is 10.1. The molecule has 0 aromatic heterocycles. The van der Waals surface area contributed by atoms with Crippen LogP contribution in [-0.4, -0.2) is 33.2 Å². The van der Waals surface area contributed by atoms with Crippen molar-refractivity contribution < 1.29 is 13.2 Å². The largest absolute Gasteiger partial charge is 0.352 e. The van der Waals surface area contributed by atoms with Crippen molar-refractivity contribution in [1.82, 2.24) is 5.32 Å². The number of hydrogen-bond donors (Lipinski definition) is 1. The molecule has 0 spiro atoms. The number of hydrogen-bond acceptors (Lipinski definition) is 3. The normalized spacial score (nSPS) is 12.8. The minimum Gasteiger partial charge on any atom is -0.352 e. The molecule has 0 radical (unpaired) electrons. The van der Waals surface area contributed by atoms with E-state index in [1.807, 2.05) is 39.8 Å². The fraction of sp³-hybridized carbons (Fsp3) is 0.562. The summed E-state index contributed by atoms with van der Waals surface area (Å²) in [7, 11) is -3.53. The topological polar surface area (TPSA) is 66.5 Å². The molecule has 1 rings (SSSR count). The number of carbonyl (C=O) groups is 1. The number of anilines is 1. The van der Waals surface area contributed by atoms with Crippen molar-refractivity contribution in [3.8, 4) is 0 Å². The molecule has 1 aromatic carbocycles. The zero-order chi connectivity index (χ0) is 16.9. The molecule has 5 nitrogen and oxygen atoms in total. The SMILES string of the molecule is CCC[C@H](C)NC(=O)CN(c1cc(C)ccc1C)S(C)(=O)=O. The molecule has 0 aliphatic rings. The summed E-state index contributed by atoms with van der Waals surface area (Å²) in [6, 6.07) is 5.61. The van der Waals surface area contributed by atoms with Crippen LogP contribution in [0.3, 0.4) is 0 Å². The van der Waals surface area contributed by atoms with Crippen LogP contribution in [0.4, 0.5) is 5.69 Å². The van der Waals surface area contributed by atoms with Crippen LogP contribution in [-0.2, 0) is 14.8 Å². The highest BCUT2D eigenvalue weighted by molar-refractivity contribution is 7.92. The molecule has 1 N–H and O–H groups in total. The Kier molecular flexibility index (Phi) is 6.41. The first-order valence-corrected chi connectivity index (χ1v) is 9.34. The summed E-state index contributed by atoms with van der Waals surface area (Å²) in [5.74, 6) is -0.285. The molecule has 6 heteroatoms. The van der Waals surface area contributed by atoms with E-state index in [2.05, 4.69) is 5.32 Å². The van der Waals surface area contributed by atoms with E-state index in [9.17, 15) is 13.2 Å². The van der Waals surface area contributed by atoms with Gasteiger partial charge in [-0.05, 0) is 44.4 Å². The van der Waals surface area contributed by atoms with Crippen LogP contribution in [0.15, 0.2) is 18.2 Å². The summed E-state index contributed by atoms with van der Waals surface area (Å²) >= 11 is 0. The zero-order valence-electron chi connectivity index (χ0n) is 14.0. The molecule has 0 unspecified atom stereocenters. The molecule has 1 aromatic rings. The van der Waals surface area contributed by atoms with E-state index in [1.54, 1.807) is 6.07 Å². The lowest BCUT2D eigenvalue weighted by molar-refractivity contribution is -0.120. The van der Waals surface area contributed by atoms with E-state index in [1.165, 1.54) is 4.31 Å². The summed E-state index contributed by atoms with van der Waals surface area (Å²) in [4.78, 5) is 12.1. The quantitative estimate of drug-likeness (QED) is 0.836. The molecular formula is C16H26N2O3S. The van der Waals surface area contributed by atoms with Crippen LogP contribution >= 0.6 is 0 Å². The second-order valence-corrected chi connectivity index (χ2v) is 7.72. The van der Waals surface area contributed by atoms with Gasteiger partial charge in [-0.3, -0.25) is 9.10 Å². The zero-order valence-corrected chi connectivity index (χ0v) is 14.8. The fourth-order valence-corrected chi connectivity index (χ4v) is 3.23. The predicted octanol–water partition coefficient (Wildman–Crippen LogP) is 2.37. The van der Waals surface area contributed by atoms with Gasteiger partial charge in [-0.2, -0.15) is 0 Å². The van der Waals surface area contributed by atoms with Gasteiger partial charge < -0.3 is 5.32 Å². The van der Waals surface area contributed by atoms with Gasteiger partial charge in [-0.15, -0.1) is 0 Å². The number of nitrogens with one attached hydrogen (secondary N) is 1. The maximum absolute atomic E-state index is 12.1. The van der Waals surface area contributed by atoms with E-state index in [-0.39, 0.29) is 18.5 Å². The number of benzene rings is 1. The van der Waals surface area contributed by atoms with Crippen molar-refractivity contribution in [3.63, 3.8) is 0 Å². The van der Waals surface area contributed by atoms with Gasteiger partial charge in [0.05, 0.1) is 11.9 Å². The van der Waals surface area contributed by atoms with Crippen molar-refractivity contribution >= 4 is 21.6 Å². The smallest absolute Gasteiger partial charge is 0.240 e. The van der Waals surface area contributed by atoms with Crippen molar-refractivity contribution in [2.45, 2.75) is 46.6 Å². The first kappa shape index (κ1) is 18.5. The minimum atomic E-state index is -3.53. The van der Waals surface area contributed by atoms with Crippen molar-refractivity contribution in [2.24, 2.45) is 0 Å². The number of amides is 1. The lowest BCUT2D eigenvalue weighted by Crippen LogP contribution is -2.43. The number of sulfonamides is 1. The Morgan fingerprint density at radius 2 is 1.95 bits per heavy atom. The first-order chi connectivity index (χ1) is 10.1. The molecular weight excluding hydrogens is 300 g/mol. The minimum absolute atomic E-state index is 0.0394. The molecule has 1 amide bonds. The Balaban J connectivity index is 3.01. The van der Waals surface area contributed by atoms with Crippen LogP contribution in [0.1, 0.15) is 37.8 Å². The highest BCUT2D eigenvalue weighted by Crippen LogP contribution is 2.23. The number of nitrogens with zero attached hydrogens (tertiary/aromatic N) is 1. The fourth-order valence-electron chi connectivity index (χ4n) is 2.33. The molecule has 0 aliphatic heterocycles. The maximum Gasteiger partial charge on any atom is 0.240 e. The van der Waals surface area contributed by atoms with Gasteiger partial charge in [0.1, 0.15) is 6.54 Å². The number of rotatable bonds is 7. The van der Waals surface area contributed by atoms with Gasteiger partial charge in [0.25, 0.3) is 0 Å². The monoisotopic (exact) mass is 326 g/mol. The van der Waals surface area contributed by atoms with Gasteiger partial charge in [0.15, 0.2) is 0 Å². The molecule has 0 bridgehead atoms. The Morgan fingerprint density at radius 3 is 2.50 bits per heavy atom. The second-order valence-electron chi connectivity index (χ2n) is 5.82. The molecule has 0 heterocycles. The van der Waals surface area contributed by atoms with Crippen molar-refractivity contribution in [2.75, 3.05) is 17.1 Å². The first-order valence-electron chi connectivity index (χ1n) is 7.49. The van der Waals surface area contributed by atoms with Crippen LogP contribution in [0.2, 0.25) is 0 Å². The average molecular weight is 326 g/mol. The van der Waals surface area contributed by atoms with E-state index < -0.39 is 10.0 Å². The van der Waals surface area contributed by atoms with Gasteiger partial charge in [-0.1, -0.05) is 25.5 Å². The molecule has 0 fully saturated rings. The van der Waals surface area contributed by atoms with Crippen LogP contribution in [0.5, 0.6) is 0 Å². The van der Waals surface area contributed by atoms with Gasteiger partial charge >= 0.3 is 0 Å². The third-order valence-corrected chi connectivity index (χ3v) is 4.58. The van der Waals surface area contributed by atoms with Gasteiger partial charge in [-0.25, -0.2) is 8.42 Å². The van der Waals surface area contributed by atoms with Crippen LogP contribution in [0, 0.1) is 13.8 Å². The Bertz CT molecular complexity index is 626. The Morgan fingerprint density at radius 1 is 1.32 bits per heavy atom. The Labute approximate surface area is 133 Å². The highest BCUT2D eigenvalue weighted by Gasteiger charge is 2.23. The molecule has 0 aliphatic carbocycles. The van der Waals surface area contributed by atoms with E-state index in [4.69, 9.17) is 0 Å². The molecule has 22 heavy (non-hydrogen) atoms. The summed E-state index contributed by atoms with van der Waals surface area (Å²) in [6.45, 7) is 7.50. The second kappa shape index (κ2) is 7.63. The molecule has 0 saturated carbocycles. The highest BCUT2D eigenvalue weighted by atomic mass is 32.2. The summed E-state index contributed by atoms with van der Waals surface area (Å²) in [5, 5.41) is 2.84. The van der Waals surface area contributed by atoms with Crippen molar-refractivity contribution in [3.05, 3.63) is 29.3 Å². The number of carbonyl (C=O) groups excluding carboxylic acids is 1. The molecule has 0 saturated heterocycles. The van der Waals surface area contributed by atoms with E-state index >= 15 is 0 Å². The number of aryl methyl sites for hydroxylation is 2. The maximum atomic E-state index is 12.1. The molecule has 1 atom stereocenters. The Hall–Kier alpha value is -1.56. The summed E-state index contributed by atoms with van der Waals surface area (Å²) in [5.41, 5.74) is 2.33. The third kappa shape index (κ3) is 5.33. The van der Waals surface area contributed by atoms with E-state index in [0.29, 0.717) is 5.69 Å². The van der Waals surface area contributed by atoms with E-state index in [0.717, 1.165) is 30.2 Å². The van der Waals surface area contributed by atoms with Gasteiger partial charge in [0, 0.05) is 6.04 Å². The summed E-state index contributed by atoms with van der Waals surface area (Å²) < 4.78 is 25.3. The molecule has 124 valence electrons. The lowest BCUT2D eigenvalue weighted by Gasteiger charge is -2.25. The van der Waals surface area contributed by atoms with Crippen LogP contribution in [0.25, 0.3) is 0 Å². The average Bonchev–Trinajstić information content (AvgIpc) is 2.38. The standard InChI is InChI=1S/C16H26N2O3S/c1-6-7-14(4)17-16(19)11-18(22(5,20)21)15-10-12(2)8-9-13(15)3/h8-10,14H,6-7,11H2,1-5H3,(H,17,19)/t14-/m0/s1. The van der Waals surface area contributed by atoms with Crippen LogP contribution < -0.4 is 9.62 Å².